The second kappa shape index (κ2) is 8.35. The van der Waals surface area contributed by atoms with Gasteiger partial charge < -0.3 is 9.47 Å². The highest BCUT2D eigenvalue weighted by Gasteiger charge is 2.27. The van der Waals surface area contributed by atoms with Crippen LogP contribution in [0.25, 0.3) is 10.9 Å². The highest BCUT2D eigenvalue weighted by molar-refractivity contribution is 5.85. The average Bonchev–Trinajstić information content (AvgIpc) is 2.74. The molecular weight excluding hydrogens is 396 g/mol. The summed E-state index contributed by atoms with van der Waals surface area (Å²) in [7, 11) is 0. The Bertz CT molecular complexity index is 1260. The third-order valence-electron chi connectivity index (χ3n) is 4.73. The van der Waals surface area contributed by atoms with E-state index < -0.39 is 10.6 Å². The molecule has 0 amide bonds. The molecule has 0 radical (unpaired) electrons. The van der Waals surface area contributed by atoms with Crippen molar-refractivity contribution in [2.24, 2.45) is 0 Å². The van der Waals surface area contributed by atoms with E-state index in [0.717, 1.165) is 16.6 Å². The number of hydrogen-bond acceptors (Lipinski definition) is 7. The molecule has 4 rings (SSSR count). The molecule has 0 fully saturated rings. The molecule has 0 aliphatic heterocycles. The van der Waals surface area contributed by atoms with Gasteiger partial charge in [0, 0.05) is 11.1 Å². The summed E-state index contributed by atoms with van der Waals surface area (Å²) in [5.41, 5.74) is 2.06. The van der Waals surface area contributed by atoms with Crippen molar-refractivity contribution in [2.75, 3.05) is 0 Å². The van der Waals surface area contributed by atoms with Crippen LogP contribution in [0.3, 0.4) is 0 Å². The number of para-hydroxylation sites is 1. The van der Waals surface area contributed by atoms with Crippen LogP contribution >= 0.6 is 0 Å². The third-order valence-corrected chi connectivity index (χ3v) is 4.73. The first-order valence-electron chi connectivity index (χ1n) is 9.74. The van der Waals surface area contributed by atoms with Crippen LogP contribution < -0.4 is 9.47 Å². The van der Waals surface area contributed by atoms with E-state index in [0.29, 0.717) is 22.9 Å². The fourth-order valence-corrected chi connectivity index (χ4v) is 3.09. The highest BCUT2D eigenvalue weighted by Crippen LogP contribution is 2.39. The summed E-state index contributed by atoms with van der Waals surface area (Å²) in [6.07, 6.45) is 1.17. The molecule has 4 aromatic rings. The van der Waals surface area contributed by atoms with Crippen molar-refractivity contribution in [1.82, 2.24) is 15.0 Å². The van der Waals surface area contributed by atoms with Gasteiger partial charge in [0.05, 0.1) is 4.92 Å². The van der Waals surface area contributed by atoms with Crippen molar-refractivity contribution in [1.29, 1.82) is 0 Å². The van der Waals surface area contributed by atoms with Crippen LogP contribution in [0.1, 0.15) is 31.0 Å². The number of ether oxygens (including phenoxy) is 2. The average molecular weight is 416 g/mol. The molecule has 0 unspecified atom stereocenters. The van der Waals surface area contributed by atoms with Crippen LogP contribution in [0.4, 0.5) is 5.69 Å². The maximum atomic E-state index is 11.8. The van der Waals surface area contributed by atoms with Gasteiger partial charge in [-0.2, -0.15) is 9.97 Å². The fraction of sp³-hybridized carbons (Fsp3) is 0.174. The molecule has 2 heterocycles. The maximum Gasteiger partial charge on any atom is 0.393 e. The number of nitro groups is 1. The first kappa shape index (κ1) is 20.2. The van der Waals surface area contributed by atoms with E-state index in [1.165, 1.54) is 6.33 Å². The van der Waals surface area contributed by atoms with Gasteiger partial charge in [-0.05, 0) is 42.7 Å². The lowest BCUT2D eigenvalue weighted by Crippen LogP contribution is -2.01. The molecule has 0 aliphatic rings. The van der Waals surface area contributed by atoms with Crippen LogP contribution in [0.2, 0.25) is 0 Å². The Kier molecular flexibility index (Phi) is 5.44. The first-order valence-corrected chi connectivity index (χ1v) is 9.74. The number of aryl methyl sites for hydroxylation is 1. The van der Waals surface area contributed by atoms with E-state index in [1.54, 1.807) is 24.3 Å². The minimum absolute atomic E-state index is 0.198. The topological polar surface area (TPSA) is 100 Å². The van der Waals surface area contributed by atoms with Crippen molar-refractivity contribution < 1.29 is 14.4 Å². The number of benzene rings is 2. The molecule has 0 N–H and O–H groups in total. The Morgan fingerprint density at radius 3 is 2.32 bits per heavy atom. The van der Waals surface area contributed by atoms with Crippen LogP contribution in [0.15, 0.2) is 60.9 Å². The van der Waals surface area contributed by atoms with Gasteiger partial charge in [-0.1, -0.05) is 44.2 Å². The Morgan fingerprint density at radius 1 is 0.935 bits per heavy atom. The lowest BCUT2D eigenvalue weighted by molar-refractivity contribution is -0.387. The lowest BCUT2D eigenvalue weighted by atomic mass is 10.0. The number of aromatic nitrogens is 3. The van der Waals surface area contributed by atoms with Gasteiger partial charge in [0.15, 0.2) is 5.75 Å². The van der Waals surface area contributed by atoms with Gasteiger partial charge in [-0.25, -0.2) is 4.98 Å². The molecule has 156 valence electrons. The first-order chi connectivity index (χ1) is 14.9. The fourth-order valence-electron chi connectivity index (χ4n) is 3.09. The van der Waals surface area contributed by atoms with E-state index >= 15 is 0 Å². The molecule has 0 atom stereocenters. The van der Waals surface area contributed by atoms with Crippen molar-refractivity contribution >= 4 is 16.6 Å². The standard InChI is InChI=1S/C23H20N4O4/c1-14(2)16-9-11-18(12-10-16)30-22-21(27(28)29)23(25-13-24-22)31-19-6-4-5-17-8-7-15(3)26-20(17)19/h4-14H,1-3H3. The lowest BCUT2D eigenvalue weighted by Gasteiger charge is -2.11. The second-order valence-corrected chi connectivity index (χ2v) is 7.30. The minimum atomic E-state index is -0.614. The van der Waals surface area contributed by atoms with E-state index in [1.807, 2.05) is 37.3 Å². The molecule has 0 spiro atoms. The molecule has 0 saturated carbocycles. The molecule has 8 heteroatoms. The van der Waals surface area contributed by atoms with Crippen LogP contribution in [0.5, 0.6) is 23.3 Å². The predicted octanol–water partition coefficient (Wildman–Crippen LogP) is 5.95. The van der Waals surface area contributed by atoms with Gasteiger partial charge in [0.2, 0.25) is 0 Å². The normalized spacial score (nSPS) is 11.0. The van der Waals surface area contributed by atoms with Gasteiger partial charge in [0.1, 0.15) is 17.6 Å². The van der Waals surface area contributed by atoms with E-state index in [2.05, 4.69) is 28.8 Å². The number of pyridine rings is 1. The Labute approximate surface area is 178 Å². The summed E-state index contributed by atoms with van der Waals surface area (Å²) < 4.78 is 11.5. The van der Waals surface area contributed by atoms with Crippen molar-refractivity contribution in [3.05, 3.63) is 82.3 Å². The molecule has 2 aromatic heterocycles. The van der Waals surface area contributed by atoms with Gasteiger partial charge in [0.25, 0.3) is 0 Å². The predicted molar refractivity (Wildman–Crippen MR) is 116 cm³/mol. The van der Waals surface area contributed by atoms with Crippen molar-refractivity contribution in [3.8, 4) is 23.3 Å². The van der Waals surface area contributed by atoms with E-state index in [4.69, 9.17) is 9.47 Å². The summed E-state index contributed by atoms with van der Waals surface area (Å²) in [6.45, 7) is 6.02. The van der Waals surface area contributed by atoms with E-state index in [-0.39, 0.29) is 11.8 Å². The maximum absolute atomic E-state index is 11.8. The second-order valence-electron chi connectivity index (χ2n) is 7.30. The van der Waals surface area contributed by atoms with Gasteiger partial charge in [-0.3, -0.25) is 10.1 Å². The van der Waals surface area contributed by atoms with Crippen LogP contribution in [0, 0.1) is 17.0 Å². The van der Waals surface area contributed by atoms with Crippen molar-refractivity contribution in [3.63, 3.8) is 0 Å². The minimum Gasteiger partial charge on any atom is -0.433 e. The van der Waals surface area contributed by atoms with E-state index in [9.17, 15) is 10.1 Å². The SMILES string of the molecule is Cc1ccc2cccc(Oc3ncnc(Oc4ccc(C(C)C)cc4)c3[N+](=O)[O-])c2n1. The van der Waals surface area contributed by atoms with Crippen LogP contribution in [-0.2, 0) is 0 Å². The zero-order valence-electron chi connectivity index (χ0n) is 17.3. The van der Waals surface area contributed by atoms with Gasteiger partial charge >= 0.3 is 17.4 Å². The Hall–Kier alpha value is -4.07. The summed E-state index contributed by atoms with van der Waals surface area (Å²) >= 11 is 0. The smallest absolute Gasteiger partial charge is 0.393 e. The number of fused-ring (bicyclic) bond motifs is 1. The Morgan fingerprint density at radius 2 is 1.65 bits per heavy atom. The molecule has 31 heavy (non-hydrogen) atoms. The van der Waals surface area contributed by atoms with Crippen LogP contribution in [-0.4, -0.2) is 19.9 Å². The summed E-state index contributed by atoms with van der Waals surface area (Å²) in [6, 6.07) is 16.5. The largest absolute Gasteiger partial charge is 0.433 e. The number of rotatable bonds is 6. The molecule has 2 aromatic carbocycles. The molecule has 0 aliphatic carbocycles. The quantitative estimate of drug-likeness (QED) is 0.283. The zero-order chi connectivity index (χ0) is 22.0. The molecule has 0 bridgehead atoms. The molecule has 0 saturated heterocycles. The molecular formula is C23H20N4O4. The summed E-state index contributed by atoms with van der Waals surface area (Å²) in [4.78, 5) is 23.7. The molecule has 8 nitrogen and oxygen atoms in total. The van der Waals surface area contributed by atoms with Gasteiger partial charge in [-0.15, -0.1) is 0 Å². The zero-order valence-corrected chi connectivity index (χ0v) is 17.3. The number of hydrogen-bond donors (Lipinski definition) is 0. The third kappa shape index (κ3) is 4.28. The highest BCUT2D eigenvalue weighted by atomic mass is 16.6. The Balaban J connectivity index is 1.71. The summed E-state index contributed by atoms with van der Waals surface area (Å²) in [5, 5.41) is 12.7. The van der Waals surface area contributed by atoms with Crippen molar-refractivity contribution in [2.45, 2.75) is 26.7 Å². The summed E-state index contributed by atoms with van der Waals surface area (Å²) in [5.74, 6) is 0.733. The monoisotopic (exact) mass is 416 g/mol. The number of nitrogens with zero attached hydrogens (tertiary/aromatic N) is 4.